The number of aromatic nitrogens is 3. The molecule has 0 radical (unpaired) electrons. The van der Waals surface area contributed by atoms with Crippen LogP contribution >= 0.6 is 0 Å². The molecule has 2 heterocycles. The van der Waals surface area contributed by atoms with Crippen molar-refractivity contribution in [2.75, 3.05) is 6.54 Å². The lowest BCUT2D eigenvalue weighted by atomic mass is 9.43. The molecule has 1 amide bonds. The predicted molar refractivity (Wildman–Crippen MR) is 163 cm³/mol. The first-order chi connectivity index (χ1) is 20.3. The third-order valence-corrected chi connectivity index (χ3v) is 10.1. The Morgan fingerprint density at radius 3 is 2.48 bits per heavy atom. The van der Waals surface area contributed by atoms with Crippen molar-refractivity contribution in [3.63, 3.8) is 0 Å². The van der Waals surface area contributed by atoms with E-state index in [2.05, 4.69) is 50.4 Å². The molecule has 3 N–H and O–H groups in total. The molecule has 5 atom stereocenters. The van der Waals surface area contributed by atoms with E-state index in [1.165, 1.54) is 6.42 Å². The van der Waals surface area contributed by atoms with E-state index in [-0.39, 0.29) is 35.4 Å². The molecule has 4 aliphatic rings. The molecule has 0 spiro atoms. The number of hydrogen-bond donors (Lipinski definition) is 2. The molecule has 3 aromatic rings. The lowest BCUT2D eigenvalue weighted by molar-refractivity contribution is -0.199. The van der Waals surface area contributed by atoms with Crippen molar-refractivity contribution >= 4 is 13.0 Å². The van der Waals surface area contributed by atoms with Crippen LogP contribution < -0.4 is 11.1 Å². The van der Waals surface area contributed by atoms with Gasteiger partial charge in [0.05, 0.1) is 30.6 Å². The second-order valence-electron chi connectivity index (χ2n) is 13.2. The first-order valence-corrected chi connectivity index (χ1v) is 15.6. The Balaban J connectivity index is 1.16. The monoisotopic (exact) mass is 569 g/mol. The highest BCUT2D eigenvalue weighted by molar-refractivity contribution is 6.47. The standard InChI is InChI=1S/C33H44BN5O3/c1-32(2)25-19-26(32)33(3)27(20-25)41-34(42-33)28(16-10-11-17-35)36-31(40)21-29-37-30(18-23-12-6-4-7-13-23)39(38-29)22-24-14-8-5-9-15-24/h4-9,12-15,25-28H,10-11,16-22,35H2,1-3H3,(H,36,40). The van der Waals surface area contributed by atoms with Gasteiger partial charge in [-0.2, -0.15) is 5.10 Å². The van der Waals surface area contributed by atoms with Crippen LogP contribution in [0.25, 0.3) is 0 Å². The van der Waals surface area contributed by atoms with Gasteiger partial charge < -0.3 is 20.4 Å². The summed E-state index contributed by atoms with van der Waals surface area (Å²) in [4.78, 5) is 18.3. The number of nitrogens with two attached hydrogens (primary N) is 1. The molecule has 5 unspecified atom stereocenters. The van der Waals surface area contributed by atoms with Crippen molar-refractivity contribution in [1.82, 2.24) is 20.1 Å². The van der Waals surface area contributed by atoms with Gasteiger partial charge in [-0.3, -0.25) is 4.79 Å². The number of benzene rings is 2. The Bertz CT molecular complexity index is 1310. The van der Waals surface area contributed by atoms with Crippen molar-refractivity contribution < 1.29 is 14.1 Å². The summed E-state index contributed by atoms with van der Waals surface area (Å²) in [5.74, 6) is 2.14. The van der Waals surface area contributed by atoms with Crippen molar-refractivity contribution in [3.05, 3.63) is 83.4 Å². The second kappa shape index (κ2) is 11.9. The van der Waals surface area contributed by atoms with E-state index in [4.69, 9.17) is 25.1 Å². The number of nitrogens with one attached hydrogen (secondary N) is 1. The highest BCUT2D eigenvalue weighted by atomic mass is 16.7. The van der Waals surface area contributed by atoms with Gasteiger partial charge >= 0.3 is 7.12 Å². The van der Waals surface area contributed by atoms with E-state index in [0.29, 0.717) is 37.2 Å². The fourth-order valence-corrected chi connectivity index (χ4v) is 7.55. The topological polar surface area (TPSA) is 104 Å². The molecule has 3 aliphatic carbocycles. The molecule has 1 aromatic heterocycles. The van der Waals surface area contributed by atoms with E-state index < -0.39 is 7.12 Å². The maximum absolute atomic E-state index is 13.5. The minimum absolute atomic E-state index is 0.0732. The van der Waals surface area contributed by atoms with Gasteiger partial charge in [0.2, 0.25) is 5.91 Å². The van der Waals surface area contributed by atoms with Crippen LogP contribution in [0.1, 0.15) is 75.7 Å². The number of carbonyl (C=O) groups excluding carboxylic acids is 1. The van der Waals surface area contributed by atoms with Gasteiger partial charge in [0.1, 0.15) is 5.82 Å². The zero-order valence-electron chi connectivity index (χ0n) is 25.2. The third kappa shape index (κ3) is 5.79. The lowest BCUT2D eigenvalue weighted by Gasteiger charge is -2.64. The maximum Gasteiger partial charge on any atom is 0.481 e. The molecule has 1 aliphatic heterocycles. The van der Waals surface area contributed by atoms with Gasteiger partial charge in [0.15, 0.2) is 5.82 Å². The predicted octanol–water partition coefficient (Wildman–Crippen LogP) is 4.34. The first kappa shape index (κ1) is 29.1. The molecule has 42 heavy (non-hydrogen) atoms. The van der Waals surface area contributed by atoms with Gasteiger partial charge in [0, 0.05) is 6.42 Å². The minimum atomic E-state index is -0.464. The summed E-state index contributed by atoms with van der Waals surface area (Å²) in [6.07, 6.45) is 5.58. The Morgan fingerprint density at radius 1 is 1.07 bits per heavy atom. The minimum Gasteiger partial charge on any atom is -0.404 e. The Kier molecular flexibility index (Phi) is 8.27. The van der Waals surface area contributed by atoms with Crippen LogP contribution in [0.2, 0.25) is 0 Å². The second-order valence-corrected chi connectivity index (χ2v) is 13.2. The summed E-state index contributed by atoms with van der Waals surface area (Å²) in [7, 11) is -0.464. The number of carbonyl (C=O) groups is 1. The van der Waals surface area contributed by atoms with E-state index >= 15 is 0 Å². The molecule has 4 fully saturated rings. The summed E-state index contributed by atoms with van der Waals surface area (Å²) in [5, 5.41) is 8.04. The van der Waals surface area contributed by atoms with E-state index in [0.717, 1.165) is 42.6 Å². The van der Waals surface area contributed by atoms with Gasteiger partial charge in [-0.15, -0.1) is 0 Å². The van der Waals surface area contributed by atoms with E-state index in [1.807, 2.05) is 41.1 Å². The molecule has 2 aromatic carbocycles. The zero-order chi connectivity index (χ0) is 29.3. The SMILES string of the molecule is CC1(C)C2CC3OB(C(CCCCN)NC(=O)Cc4nc(Cc5ccccc5)n(Cc5ccccc5)n4)OC3(C)C1C2. The lowest BCUT2D eigenvalue weighted by Crippen LogP contribution is -2.65. The third-order valence-electron chi connectivity index (χ3n) is 10.1. The molecule has 1 saturated heterocycles. The van der Waals surface area contributed by atoms with Crippen LogP contribution in [0, 0.1) is 17.3 Å². The van der Waals surface area contributed by atoms with Crippen LogP contribution in [-0.4, -0.2) is 52.0 Å². The number of amides is 1. The number of nitrogens with zero attached hydrogens (tertiary/aromatic N) is 3. The highest BCUT2D eigenvalue weighted by Crippen LogP contribution is 2.65. The number of rotatable bonds is 12. The zero-order valence-corrected chi connectivity index (χ0v) is 25.2. The largest absolute Gasteiger partial charge is 0.481 e. The van der Waals surface area contributed by atoms with Crippen LogP contribution in [0.5, 0.6) is 0 Å². The van der Waals surface area contributed by atoms with E-state index in [1.54, 1.807) is 0 Å². The van der Waals surface area contributed by atoms with Gasteiger partial charge in [-0.05, 0) is 67.5 Å². The molecule has 2 bridgehead atoms. The average Bonchev–Trinajstić information content (AvgIpc) is 3.52. The quantitative estimate of drug-likeness (QED) is 0.249. The molecule has 8 nitrogen and oxygen atoms in total. The van der Waals surface area contributed by atoms with Crippen molar-refractivity contribution in [2.45, 2.75) is 89.9 Å². The van der Waals surface area contributed by atoms with Crippen LogP contribution in [0.4, 0.5) is 0 Å². The van der Waals surface area contributed by atoms with E-state index in [9.17, 15) is 4.79 Å². The summed E-state index contributed by atoms with van der Waals surface area (Å²) in [6.45, 7) is 8.16. The molecule has 222 valence electrons. The highest BCUT2D eigenvalue weighted by Gasteiger charge is 2.68. The molecule has 7 rings (SSSR count). The summed E-state index contributed by atoms with van der Waals surface area (Å²) in [6, 6.07) is 20.5. The maximum atomic E-state index is 13.5. The molecule has 9 heteroatoms. The fraction of sp³-hybridized carbons (Fsp3) is 0.545. The van der Waals surface area contributed by atoms with Crippen molar-refractivity contribution in [3.8, 4) is 0 Å². The molecule has 3 saturated carbocycles. The summed E-state index contributed by atoms with van der Waals surface area (Å²) >= 11 is 0. The Labute approximate surface area is 249 Å². The first-order valence-electron chi connectivity index (χ1n) is 15.6. The Morgan fingerprint density at radius 2 is 1.79 bits per heavy atom. The smallest absolute Gasteiger partial charge is 0.404 e. The van der Waals surface area contributed by atoms with Gasteiger partial charge in [-0.1, -0.05) is 80.9 Å². The van der Waals surface area contributed by atoms with Crippen molar-refractivity contribution in [1.29, 1.82) is 0 Å². The summed E-state index contributed by atoms with van der Waals surface area (Å²) < 4.78 is 15.2. The van der Waals surface area contributed by atoms with Crippen LogP contribution in [-0.2, 0) is 33.5 Å². The molecular formula is C33H44BN5O3. The summed E-state index contributed by atoms with van der Waals surface area (Å²) in [5.41, 5.74) is 8.04. The normalized spacial score (nSPS) is 26.4. The van der Waals surface area contributed by atoms with Crippen LogP contribution in [0.3, 0.4) is 0 Å². The fourth-order valence-electron chi connectivity index (χ4n) is 7.55. The number of unbranched alkanes of at least 4 members (excludes halogenated alkanes) is 1. The van der Waals surface area contributed by atoms with Crippen molar-refractivity contribution in [2.24, 2.45) is 23.0 Å². The average molecular weight is 570 g/mol. The van der Waals surface area contributed by atoms with Crippen LogP contribution in [0.15, 0.2) is 60.7 Å². The van der Waals surface area contributed by atoms with Gasteiger partial charge in [-0.25, -0.2) is 9.67 Å². The number of hydrogen-bond acceptors (Lipinski definition) is 6. The van der Waals surface area contributed by atoms with Gasteiger partial charge in [0.25, 0.3) is 0 Å². The Hall–Kier alpha value is -3.01. The molecular weight excluding hydrogens is 525 g/mol.